The smallest absolute Gasteiger partial charge is 0.462 e. The fraction of sp³-hybridized carbons (Fsp3) is 0.953. The lowest BCUT2D eigenvalue weighted by atomic mass is 10.0. The number of phosphoric ester groups is 2. The van der Waals surface area contributed by atoms with Gasteiger partial charge in [0, 0.05) is 25.7 Å². The van der Waals surface area contributed by atoms with E-state index in [0.29, 0.717) is 25.7 Å². The summed E-state index contributed by atoms with van der Waals surface area (Å²) in [5.41, 5.74) is 0. The second-order valence-corrected chi connectivity index (χ2v) is 34.8. The number of unbranched alkanes of at least 4 members (excludes halogenated alkanes) is 55. The summed E-state index contributed by atoms with van der Waals surface area (Å²) in [6.07, 6.45) is 69.7. The predicted octanol–water partition coefficient (Wildman–Crippen LogP) is 26.2. The Morgan fingerprint density at radius 2 is 0.438 bits per heavy atom. The Morgan fingerprint density at radius 3 is 0.648 bits per heavy atom. The summed E-state index contributed by atoms with van der Waals surface area (Å²) in [5, 5.41) is 10.7. The van der Waals surface area contributed by atoms with Gasteiger partial charge in [-0.05, 0) is 37.5 Å². The van der Waals surface area contributed by atoms with Crippen molar-refractivity contribution in [3.05, 3.63) is 0 Å². The molecule has 0 bridgehead atoms. The number of carbonyl (C=O) groups excluding carboxylic acids is 4. The van der Waals surface area contributed by atoms with Crippen molar-refractivity contribution in [3.8, 4) is 0 Å². The van der Waals surface area contributed by atoms with Crippen LogP contribution in [-0.2, 0) is 65.4 Å². The molecule has 0 spiro atoms. The Morgan fingerprint density at radius 1 is 0.257 bits per heavy atom. The van der Waals surface area contributed by atoms with Crippen molar-refractivity contribution >= 4 is 39.5 Å². The SMILES string of the molecule is CCCCCCCCCCCCCCCCCCCCCCCCC(=O)O[C@H](COC(=O)CCCCCCCCCCCCCCCCCC(C)C)COP(=O)(O)OC[C@@H](O)COP(=O)(O)OC[C@@H](COC(=O)CCCCCCCCC)OC(=O)CCCCCCCCCCCCCCCCCC(C)C. The number of carbonyl (C=O) groups is 4. The van der Waals surface area contributed by atoms with E-state index in [1.807, 2.05) is 0 Å². The monoisotopic (exact) mass is 1540 g/mol. The molecule has 0 radical (unpaired) electrons. The number of rotatable bonds is 85. The number of esters is 4. The highest BCUT2D eigenvalue weighted by Crippen LogP contribution is 2.45. The summed E-state index contributed by atoms with van der Waals surface area (Å²) < 4.78 is 68.8. The molecule has 0 aliphatic carbocycles. The van der Waals surface area contributed by atoms with E-state index in [0.717, 1.165) is 115 Å². The molecule has 0 aliphatic rings. The Hall–Kier alpha value is -1.94. The Labute approximate surface area is 645 Å². The summed E-state index contributed by atoms with van der Waals surface area (Å²) in [5.74, 6) is -0.499. The van der Waals surface area contributed by atoms with Gasteiger partial charge in [0.2, 0.25) is 0 Å². The molecule has 0 rings (SSSR count). The van der Waals surface area contributed by atoms with Crippen LogP contribution >= 0.6 is 15.6 Å². The summed E-state index contributed by atoms with van der Waals surface area (Å²) in [7, 11) is -9.92. The maximum atomic E-state index is 13.1. The van der Waals surface area contributed by atoms with Gasteiger partial charge in [0.05, 0.1) is 26.4 Å². The second-order valence-electron chi connectivity index (χ2n) is 31.9. The first kappa shape index (κ1) is 103. The molecule has 0 fully saturated rings. The van der Waals surface area contributed by atoms with Crippen LogP contribution in [0.15, 0.2) is 0 Å². The highest BCUT2D eigenvalue weighted by Gasteiger charge is 2.30. The summed E-state index contributed by atoms with van der Waals surface area (Å²) >= 11 is 0. The van der Waals surface area contributed by atoms with Crippen LogP contribution in [-0.4, -0.2) is 96.7 Å². The lowest BCUT2D eigenvalue weighted by molar-refractivity contribution is -0.161. The van der Waals surface area contributed by atoms with Crippen molar-refractivity contribution in [2.24, 2.45) is 11.8 Å². The van der Waals surface area contributed by atoms with Crippen LogP contribution in [0.25, 0.3) is 0 Å². The van der Waals surface area contributed by atoms with Gasteiger partial charge in [0.25, 0.3) is 0 Å². The van der Waals surface area contributed by atoms with Crippen LogP contribution in [0.4, 0.5) is 0 Å². The van der Waals surface area contributed by atoms with Gasteiger partial charge in [-0.2, -0.15) is 0 Å². The molecular weight excluding hydrogens is 1370 g/mol. The number of phosphoric acid groups is 2. The van der Waals surface area contributed by atoms with E-state index in [2.05, 4.69) is 41.5 Å². The predicted molar refractivity (Wildman–Crippen MR) is 432 cm³/mol. The Balaban J connectivity index is 5.15. The Bertz CT molecular complexity index is 2010. The number of aliphatic hydroxyl groups is 1. The van der Waals surface area contributed by atoms with Crippen molar-refractivity contribution in [1.82, 2.24) is 0 Å². The minimum Gasteiger partial charge on any atom is -0.462 e. The maximum Gasteiger partial charge on any atom is 0.472 e. The molecule has 624 valence electrons. The van der Waals surface area contributed by atoms with Crippen LogP contribution in [0.2, 0.25) is 0 Å². The van der Waals surface area contributed by atoms with E-state index in [1.54, 1.807) is 0 Å². The molecule has 0 saturated carbocycles. The molecule has 3 N–H and O–H groups in total. The third-order valence-corrected chi connectivity index (χ3v) is 22.1. The molecule has 2 unspecified atom stereocenters. The zero-order valence-electron chi connectivity index (χ0n) is 69.0. The first-order chi connectivity index (χ1) is 50.9. The molecule has 0 aromatic carbocycles. The molecule has 0 heterocycles. The van der Waals surface area contributed by atoms with E-state index < -0.39 is 97.5 Å². The molecule has 0 aromatic heterocycles. The number of hydrogen-bond donors (Lipinski definition) is 3. The average Bonchev–Trinajstić information content (AvgIpc) is 0.907. The largest absolute Gasteiger partial charge is 0.472 e. The van der Waals surface area contributed by atoms with Crippen LogP contribution in [0.5, 0.6) is 0 Å². The average molecular weight is 1540 g/mol. The van der Waals surface area contributed by atoms with Gasteiger partial charge in [-0.3, -0.25) is 37.3 Å². The zero-order valence-corrected chi connectivity index (χ0v) is 70.8. The molecule has 5 atom stereocenters. The zero-order chi connectivity index (χ0) is 77.1. The van der Waals surface area contributed by atoms with Gasteiger partial charge >= 0.3 is 39.5 Å². The van der Waals surface area contributed by atoms with Crippen LogP contribution < -0.4 is 0 Å². The summed E-state index contributed by atoms with van der Waals surface area (Å²) in [6.45, 7) is 9.68. The summed E-state index contributed by atoms with van der Waals surface area (Å²) in [4.78, 5) is 73.1. The molecule has 17 nitrogen and oxygen atoms in total. The van der Waals surface area contributed by atoms with Crippen molar-refractivity contribution in [2.75, 3.05) is 39.6 Å². The molecule has 19 heteroatoms. The topological polar surface area (TPSA) is 237 Å². The van der Waals surface area contributed by atoms with E-state index in [4.69, 9.17) is 37.0 Å². The van der Waals surface area contributed by atoms with Crippen LogP contribution in [0, 0.1) is 11.8 Å². The van der Waals surface area contributed by atoms with E-state index in [1.165, 1.54) is 263 Å². The molecule has 0 aliphatic heterocycles. The minimum absolute atomic E-state index is 0.108. The number of hydrogen-bond acceptors (Lipinski definition) is 15. The van der Waals surface area contributed by atoms with Crippen LogP contribution in [0.1, 0.15) is 459 Å². The van der Waals surface area contributed by atoms with Gasteiger partial charge in [-0.15, -0.1) is 0 Å². The van der Waals surface area contributed by atoms with Crippen LogP contribution in [0.3, 0.4) is 0 Å². The fourth-order valence-electron chi connectivity index (χ4n) is 13.4. The molecule has 0 saturated heterocycles. The highest BCUT2D eigenvalue weighted by molar-refractivity contribution is 7.47. The molecule has 105 heavy (non-hydrogen) atoms. The normalized spacial score (nSPS) is 13.8. The van der Waals surface area contributed by atoms with Crippen molar-refractivity contribution in [1.29, 1.82) is 0 Å². The van der Waals surface area contributed by atoms with E-state index in [9.17, 15) is 43.2 Å². The molecule has 0 amide bonds. The molecule has 0 aromatic rings. The van der Waals surface area contributed by atoms with E-state index in [-0.39, 0.29) is 25.7 Å². The number of aliphatic hydroxyl groups excluding tert-OH is 1. The van der Waals surface area contributed by atoms with Gasteiger partial charge in [0.1, 0.15) is 19.3 Å². The third kappa shape index (κ3) is 79.9. The number of ether oxygens (including phenoxy) is 4. The first-order valence-electron chi connectivity index (χ1n) is 44.5. The van der Waals surface area contributed by atoms with E-state index >= 15 is 0 Å². The maximum absolute atomic E-state index is 13.1. The standard InChI is InChI=1S/C86H168O17P2/c1-7-9-11-13-15-16-17-18-19-20-21-22-23-24-25-30-36-41-46-52-58-64-71-86(91)103-82(75-97-84(89)69-63-57-51-45-40-35-31-26-28-33-38-43-49-54-60-66-78(3)4)77-101-105(94,95)99-73-80(87)72-98-104(92,93)100-76-81(74-96-83(88)68-62-56-48-14-12-10-8-2)102-85(90)70-65-59-53-47-42-37-32-27-29-34-39-44-50-55-61-67-79(5)6/h78-82,87H,7-77H2,1-6H3,(H,92,93)(H,94,95)/t80-,81+,82+/m0/s1. The third-order valence-electron chi connectivity index (χ3n) is 20.2. The van der Waals surface area contributed by atoms with Crippen molar-refractivity contribution < 1.29 is 80.2 Å². The summed E-state index contributed by atoms with van der Waals surface area (Å²) in [6, 6.07) is 0. The van der Waals surface area contributed by atoms with Crippen molar-refractivity contribution in [3.63, 3.8) is 0 Å². The van der Waals surface area contributed by atoms with Gasteiger partial charge < -0.3 is 33.8 Å². The minimum atomic E-state index is -4.96. The lowest BCUT2D eigenvalue weighted by Crippen LogP contribution is -2.30. The molecular formula is C86H168O17P2. The fourth-order valence-corrected chi connectivity index (χ4v) is 15.0. The highest BCUT2D eigenvalue weighted by atomic mass is 31.2. The van der Waals surface area contributed by atoms with Gasteiger partial charge in [-0.1, -0.05) is 408 Å². The first-order valence-corrected chi connectivity index (χ1v) is 47.5. The van der Waals surface area contributed by atoms with Crippen molar-refractivity contribution in [2.45, 2.75) is 477 Å². The van der Waals surface area contributed by atoms with Gasteiger partial charge in [-0.25, -0.2) is 9.13 Å². The second kappa shape index (κ2) is 77.4. The Kier molecular flexibility index (Phi) is 76.0. The van der Waals surface area contributed by atoms with Gasteiger partial charge in [0.15, 0.2) is 12.2 Å². The quantitative estimate of drug-likeness (QED) is 0.0222. The lowest BCUT2D eigenvalue weighted by Gasteiger charge is -2.21.